The summed E-state index contributed by atoms with van der Waals surface area (Å²) in [4.78, 5) is 27.8. The second-order valence-electron chi connectivity index (χ2n) is 9.09. The van der Waals surface area contributed by atoms with Gasteiger partial charge in [0.15, 0.2) is 17.3 Å². The van der Waals surface area contributed by atoms with Crippen LogP contribution in [-0.4, -0.2) is 60.6 Å². The number of nitrogens with one attached hydrogen (secondary N) is 1. The van der Waals surface area contributed by atoms with E-state index in [0.29, 0.717) is 69.0 Å². The minimum absolute atomic E-state index is 0.0240. The Bertz CT molecular complexity index is 1590. The number of halogens is 2. The highest BCUT2D eigenvalue weighted by Gasteiger charge is 2.20. The van der Waals surface area contributed by atoms with Gasteiger partial charge >= 0.3 is 0 Å². The van der Waals surface area contributed by atoms with Crippen LogP contribution in [0.15, 0.2) is 54.6 Å². The fourth-order valence-electron chi connectivity index (χ4n) is 4.60. The molecule has 11 heteroatoms. The van der Waals surface area contributed by atoms with E-state index in [4.69, 9.17) is 42.8 Å². The number of nitrogens with zero attached hydrogens (tertiary/aromatic N) is 3. The van der Waals surface area contributed by atoms with Crippen molar-refractivity contribution >= 4 is 45.9 Å². The molecule has 4 aromatic rings. The molecule has 0 aliphatic heterocycles. The molecule has 40 heavy (non-hydrogen) atoms. The van der Waals surface area contributed by atoms with Crippen molar-refractivity contribution in [1.82, 2.24) is 14.0 Å². The van der Waals surface area contributed by atoms with E-state index in [9.17, 15) is 9.59 Å². The molecule has 0 radical (unpaired) electrons. The Morgan fingerprint density at radius 1 is 0.900 bits per heavy atom. The van der Waals surface area contributed by atoms with E-state index in [0.717, 1.165) is 0 Å². The molecule has 0 atom stereocenters. The molecule has 1 N–H and O–H groups in total. The molecule has 9 nitrogen and oxygen atoms in total. The van der Waals surface area contributed by atoms with Crippen LogP contribution in [0, 0.1) is 5.41 Å². The van der Waals surface area contributed by atoms with Crippen molar-refractivity contribution in [3.8, 4) is 17.2 Å². The third-order valence-corrected chi connectivity index (χ3v) is 7.20. The van der Waals surface area contributed by atoms with E-state index < -0.39 is 0 Å². The number of hydrogen-bond acceptors (Lipinski definition) is 6. The average Bonchev–Trinajstić information content (AvgIpc) is 3.23. The Morgan fingerprint density at radius 2 is 1.55 bits per heavy atom. The number of carbonyl (C=O) groups is 2. The number of hydrogen-bond donors (Lipinski definition) is 1. The van der Waals surface area contributed by atoms with Crippen LogP contribution < -0.4 is 19.8 Å². The first kappa shape index (κ1) is 29.0. The van der Waals surface area contributed by atoms with E-state index in [1.807, 2.05) is 6.07 Å². The zero-order valence-corrected chi connectivity index (χ0v) is 24.2. The molecule has 3 aromatic carbocycles. The van der Waals surface area contributed by atoms with Gasteiger partial charge in [-0.15, -0.1) is 0 Å². The lowest BCUT2D eigenvalue weighted by Gasteiger charge is -2.19. The number of rotatable bonds is 11. The molecular weight excluding hydrogens is 555 g/mol. The Hall–Kier alpha value is -3.95. The first-order valence-electron chi connectivity index (χ1n) is 12.5. The average molecular weight is 585 g/mol. The number of amides is 1. The molecule has 0 fully saturated rings. The predicted octanol–water partition coefficient (Wildman–Crippen LogP) is 5.30. The van der Waals surface area contributed by atoms with Gasteiger partial charge < -0.3 is 28.2 Å². The number of aromatic nitrogens is 2. The number of methoxy groups -OCH3 is 3. The Kier molecular flexibility index (Phi) is 9.07. The third kappa shape index (κ3) is 5.80. The van der Waals surface area contributed by atoms with Crippen molar-refractivity contribution in [2.45, 2.75) is 19.5 Å². The smallest absolute Gasteiger partial charge is 0.253 e. The van der Waals surface area contributed by atoms with Crippen molar-refractivity contribution in [3.63, 3.8) is 0 Å². The molecule has 0 saturated carbocycles. The maximum absolute atomic E-state index is 13.2. The van der Waals surface area contributed by atoms with Gasteiger partial charge in [-0.25, -0.2) is 0 Å². The van der Waals surface area contributed by atoms with Gasteiger partial charge in [0.25, 0.3) is 5.91 Å². The fourth-order valence-corrected chi connectivity index (χ4v) is 4.99. The van der Waals surface area contributed by atoms with Crippen LogP contribution in [0.4, 0.5) is 0 Å². The van der Waals surface area contributed by atoms with E-state index >= 15 is 0 Å². The van der Waals surface area contributed by atoms with Gasteiger partial charge in [-0.1, -0.05) is 29.3 Å². The second-order valence-corrected chi connectivity index (χ2v) is 9.94. The lowest BCUT2D eigenvalue weighted by atomic mass is 10.1. The molecule has 1 heterocycles. The normalized spacial score (nSPS) is 10.9. The molecule has 1 aromatic heterocycles. The van der Waals surface area contributed by atoms with Crippen molar-refractivity contribution in [3.05, 3.63) is 81.4 Å². The van der Waals surface area contributed by atoms with E-state index in [2.05, 4.69) is 0 Å². The summed E-state index contributed by atoms with van der Waals surface area (Å²) in [5.41, 5.74) is 2.39. The summed E-state index contributed by atoms with van der Waals surface area (Å²) in [7, 11) is 6.20. The highest BCUT2D eigenvalue weighted by atomic mass is 35.5. The van der Waals surface area contributed by atoms with Gasteiger partial charge in [0.2, 0.25) is 11.4 Å². The molecule has 0 bridgehead atoms. The van der Waals surface area contributed by atoms with Crippen molar-refractivity contribution in [1.29, 1.82) is 5.41 Å². The number of Topliss-reactive ketones (excluding diaryl/α,β-unsaturated/α-hetero) is 1. The summed E-state index contributed by atoms with van der Waals surface area (Å²) >= 11 is 12.5. The summed E-state index contributed by atoms with van der Waals surface area (Å²) in [5.74, 6) is 0.827. The standard InChI is InChI=1S/C29H30Cl2N4O5/c1-33(28(37)19-15-24(38-2)27(40-4)25(16-19)39-3)13-6-14-34-26-21(31)7-5-8-22(26)35(29(34)32)17-23(36)18-9-11-20(30)12-10-18/h5,7-12,15-16,32H,6,13-14,17H2,1-4H3. The monoisotopic (exact) mass is 584 g/mol. The minimum Gasteiger partial charge on any atom is -0.493 e. The van der Waals surface area contributed by atoms with Crippen LogP contribution in [0.2, 0.25) is 10.0 Å². The van der Waals surface area contributed by atoms with Gasteiger partial charge in [-0.3, -0.25) is 15.0 Å². The maximum Gasteiger partial charge on any atom is 0.253 e. The summed E-state index contributed by atoms with van der Waals surface area (Å²) < 4.78 is 19.5. The summed E-state index contributed by atoms with van der Waals surface area (Å²) in [6.07, 6.45) is 0.540. The second kappa shape index (κ2) is 12.5. The van der Waals surface area contributed by atoms with Crippen LogP contribution in [0.5, 0.6) is 17.2 Å². The molecule has 1 amide bonds. The summed E-state index contributed by atoms with van der Waals surface area (Å²) in [6, 6.07) is 15.3. The van der Waals surface area contributed by atoms with Crippen LogP contribution in [0.1, 0.15) is 27.1 Å². The van der Waals surface area contributed by atoms with Crippen molar-refractivity contribution in [2.75, 3.05) is 34.9 Å². The molecule has 0 aliphatic rings. The van der Waals surface area contributed by atoms with Crippen LogP contribution in [0.3, 0.4) is 0 Å². The SMILES string of the molecule is COc1cc(C(=O)N(C)CCCn2c(=N)n(CC(=O)c3ccc(Cl)cc3)c3cccc(Cl)c32)cc(OC)c1OC. The molecular formula is C29H30Cl2N4O5. The Labute approximate surface area is 241 Å². The van der Waals surface area contributed by atoms with Gasteiger partial charge in [0.05, 0.1) is 43.9 Å². The lowest BCUT2D eigenvalue weighted by molar-refractivity contribution is 0.0790. The van der Waals surface area contributed by atoms with Crippen LogP contribution >= 0.6 is 23.2 Å². The van der Waals surface area contributed by atoms with Crippen LogP contribution in [0.25, 0.3) is 11.0 Å². The third-order valence-electron chi connectivity index (χ3n) is 6.64. The molecule has 210 valence electrons. The molecule has 0 saturated heterocycles. The van der Waals surface area contributed by atoms with Gasteiger partial charge in [-0.05, 0) is 55.0 Å². The lowest BCUT2D eigenvalue weighted by Crippen LogP contribution is -2.31. The number of ether oxygens (including phenoxy) is 3. The maximum atomic E-state index is 13.2. The largest absolute Gasteiger partial charge is 0.493 e. The van der Waals surface area contributed by atoms with Gasteiger partial charge in [-0.2, -0.15) is 0 Å². The topological polar surface area (TPSA) is 98.8 Å². The number of para-hydroxylation sites is 1. The Morgan fingerprint density at radius 3 is 2.15 bits per heavy atom. The zero-order valence-electron chi connectivity index (χ0n) is 22.7. The molecule has 0 spiro atoms. The first-order valence-corrected chi connectivity index (χ1v) is 13.2. The minimum atomic E-state index is -0.218. The molecule has 4 rings (SSSR count). The number of carbonyl (C=O) groups excluding carboxylic acids is 2. The fraction of sp³-hybridized carbons (Fsp3) is 0.276. The van der Waals surface area contributed by atoms with Crippen LogP contribution in [-0.2, 0) is 13.1 Å². The highest BCUT2D eigenvalue weighted by Crippen LogP contribution is 2.38. The number of fused-ring (bicyclic) bond motifs is 1. The summed E-state index contributed by atoms with van der Waals surface area (Å²) in [5, 5.41) is 9.89. The van der Waals surface area contributed by atoms with Gasteiger partial charge in [0.1, 0.15) is 0 Å². The Balaban J connectivity index is 1.54. The number of ketones is 1. The van der Waals surface area contributed by atoms with E-state index in [1.165, 1.54) is 21.3 Å². The summed E-state index contributed by atoms with van der Waals surface area (Å²) in [6.45, 7) is 0.792. The number of aryl methyl sites for hydroxylation is 1. The van der Waals surface area contributed by atoms with E-state index in [1.54, 1.807) is 69.6 Å². The molecule has 0 unspecified atom stereocenters. The highest BCUT2D eigenvalue weighted by molar-refractivity contribution is 6.35. The number of benzene rings is 3. The zero-order chi connectivity index (χ0) is 29.0. The quantitative estimate of drug-likeness (QED) is 0.241. The number of imidazole rings is 1. The van der Waals surface area contributed by atoms with Crippen molar-refractivity contribution in [2.24, 2.45) is 0 Å². The predicted molar refractivity (Wildman–Crippen MR) is 154 cm³/mol. The van der Waals surface area contributed by atoms with Gasteiger partial charge in [0, 0.05) is 36.3 Å². The van der Waals surface area contributed by atoms with E-state index in [-0.39, 0.29) is 23.9 Å². The van der Waals surface area contributed by atoms with Crippen molar-refractivity contribution < 1.29 is 23.8 Å². The first-order chi connectivity index (χ1) is 19.2. The molecule has 0 aliphatic carbocycles.